The van der Waals surface area contributed by atoms with Gasteiger partial charge >= 0.3 is 6.09 Å². The van der Waals surface area contributed by atoms with Crippen molar-refractivity contribution in [2.24, 2.45) is 0 Å². The minimum Gasteiger partial charge on any atom is -0.444 e. The average molecular weight is 271 g/mol. The Hall–Kier alpha value is -1.30. The zero-order valence-corrected chi connectivity index (χ0v) is 12.1. The van der Waals surface area contributed by atoms with Gasteiger partial charge in [-0.25, -0.2) is 4.79 Å². The van der Waals surface area contributed by atoms with Crippen molar-refractivity contribution in [3.8, 4) is 0 Å². The summed E-state index contributed by atoms with van der Waals surface area (Å²) in [7, 11) is 0. The van der Waals surface area contributed by atoms with Crippen molar-refractivity contribution in [3.05, 3.63) is 16.4 Å². The molecular formula is C12H21N3O2S. The van der Waals surface area contributed by atoms with Crippen LogP contribution >= 0.6 is 11.3 Å². The highest BCUT2D eigenvalue weighted by molar-refractivity contribution is 7.06. The van der Waals surface area contributed by atoms with Gasteiger partial charge in [0.05, 0.1) is 0 Å². The normalized spacial score (nSPS) is 13.1. The molecule has 0 aliphatic rings. The number of nitrogens with zero attached hydrogens (tertiary/aromatic N) is 1. The summed E-state index contributed by atoms with van der Waals surface area (Å²) in [5.74, 6) is 0. The number of rotatable bonds is 4. The van der Waals surface area contributed by atoms with E-state index in [-0.39, 0.29) is 6.04 Å². The lowest BCUT2D eigenvalue weighted by Crippen LogP contribution is -2.38. The number of hydrogen-bond acceptors (Lipinski definition) is 4. The van der Waals surface area contributed by atoms with Crippen LogP contribution in [0, 0.1) is 5.41 Å². The zero-order valence-electron chi connectivity index (χ0n) is 11.3. The van der Waals surface area contributed by atoms with Crippen molar-refractivity contribution in [1.82, 2.24) is 9.88 Å². The zero-order chi connectivity index (χ0) is 13.8. The largest absolute Gasteiger partial charge is 0.444 e. The first-order valence-electron chi connectivity index (χ1n) is 5.96. The lowest BCUT2D eigenvalue weighted by atomic mass is 10.2. The molecule has 0 saturated heterocycles. The van der Waals surface area contributed by atoms with Crippen LogP contribution in [0.4, 0.5) is 4.79 Å². The summed E-state index contributed by atoms with van der Waals surface area (Å²) in [6.07, 6.45) is 2.26. The molecule has 0 fully saturated rings. The third-order valence-electron chi connectivity index (χ3n) is 2.25. The van der Waals surface area contributed by atoms with Gasteiger partial charge in [0, 0.05) is 24.2 Å². The Balaban J connectivity index is 2.34. The highest BCUT2D eigenvalue weighted by Gasteiger charge is 2.17. The van der Waals surface area contributed by atoms with E-state index in [2.05, 4.69) is 5.32 Å². The van der Waals surface area contributed by atoms with Crippen molar-refractivity contribution >= 4 is 17.4 Å². The molecule has 0 saturated carbocycles. The van der Waals surface area contributed by atoms with Gasteiger partial charge in [0.1, 0.15) is 5.60 Å². The van der Waals surface area contributed by atoms with Crippen molar-refractivity contribution in [3.63, 3.8) is 0 Å². The third-order valence-corrected chi connectivity index (χ3v) is 2.96. The highest BCUT2D eigenvalue weighted by atomic mass is 32.1. The maximum atomic E-state index is 11.5. The first-order chi connectivity index (χ1) is 8.28. The Morgan fingerprint density at radius 2 is 2.28 bits per heavy atom. The van der Waals surface area contributed by atoms with Crippen LogP contribution in [-0.2, 0) is 11.3 Å². The molecule has 0 aliphatic heterocycles. The first kappa shape index (κ1) is 14.8. The number of ether oxygens (including phenoxy) is 1. The molecule has 1 unspecified atom stereocenters. The van der Waals surface area contributed by atoms with E-state index in [4.69, 9.17) is 10.1 Å². The second-order valence-corrected chi connectivity index (χ2v) is 6.13. The van der Waals surface area contributed by atoms with E-state index in [1.165, 1.54) is 11.3 Å². The molecule has 18 heavy (non-hydrogen) atoms. The van der Waals surface area contributed by atoms with Crippen LogP contribution in [0.1, 0.15) is 34.1 Å². The number of amides is 1. The number of nitrogens with one attached hydrogen (secondary N) is 2. The number of aryl methyl sites for hydroxylation is 1. The predicted octanol–water partition coefficient (Wildman–Crippen LogP) is 2.33. The molecule has 0 bridgehead atoms. The van der Waals surface area contributed by atoms with E-state index in [1.807, 2.05) is 43.8 Å². The van der Waals surface area contributed by atoms with Crippen molar-refractivity contribution in [1.29, 1.82) is 5.41 Å². The Labute approximate surface area is 111 Å². The molecular weight excluding hydrogens is 250 g/mol. The van der Waals surface area contributed by atoms with E-state index >= 15 is 0 Å². The fraction of sp³-hybridized carbons (Fsp3) is 0.667. The molecule has 6 heteroatoms. The fourth-order valence-corrected chi connectivity index (χ4v) is 2.02. The number of hydrogen-bond donors (Lipinski definition) is 2. The maximum Gasteiger partial charge on any atom is 0.407 e. The van der Waals surface area contributed by atoms with E-state index in [0.29, 0.717) is 4.80 Å². The summed E-state index contributed by atoms with van der Waals surface area (Å²) in [5.41, 5.74) is -0.472. The summed E-state index contributed by atoms with van der Waals surface area (Å²) in [4.78, 5) is 12.0. The molecule has 1 aromatic heterocycles. The van der Waals surface area contributed by atoms with E-state index in [9.17, 15) is 4.79 Å². The quantitative estimate of drug-likeness (QED) is 0.882. The van der Waals surface area contributed by atoms with Gasteiger partial charge in [-0.05, 0) is 34.1 Å². The number of aromatic nitrogens is 1. The van der Waals surface area contributed by atoms with Gasteiger partial charge in [0.15, 0.2) is 4.80 Å². The van der Waals surface area contributed by atoms with Crippen LogP contribution in [0.2, 0.25) is 0 Å². The van der Waals surface area contributed by atoms with Crippen molar-refractivity contribution in [2.75, 3.05) is 0 Å². The van der Waals surface area contributed by atoms with Gasteiger partial charge in [-0.2, -0.15) is 0 Å². The fourth-order valence-electron chi connectivity index (χ4n) is 1.39. The molecule has 0 radical (unpaired) electrons. The topological polar surface area (TPSA) is 67.1 Å². The summed E-state index contributed by atoms with van der Waals surface area (Å²) < 4.78 is 7.04. The molecule has 0 aromatic carbocycles. The first-order valence-corrected chi connectivity index (χ1v) is 6.84. The van der Waals surface area contributed by atoms with Crippen molar-refractivity contribution < 1.29 is 9.53 Å². The molecule has 1 atom stereocenters. The van der Waals surface area contributed by atoms with E-state index in [0.717, 1.165) is 13.0 Å². The standard InChI is InChI=1S/C12H21N3O2S/c1-9(14-11(16)17-12(2,3)4)5-6-15-7-8-18-10(15)13/h7-9,13H,5-6H2,1-4H3,(H,14,16). The van der Waals surface area contributed by atoms with Gasteiger partial charge < -0.3 is 14.6 Å². The van der Waals surface area contributed by atoms with Crippen LogP contribution in [0.25, 0.3) is 0 Å². The molecule has 5 nitrogen and oxygen atoms in total. The van der Waals surface area contributed by atoms with Crippen LogP contribution < -0.4 is 10.1 Å². The molecule has 2 N–H and O–H groups in total. The summed E-state index contributed by atoms with van der Waals surface area (Å²) in [5, 5.41) is 12.3. The minimum absolute atomic E-state index is 0.0200. The molecule has 102 valence electrons. The molecule has 1 amide bonds. The van der Waals surface area contributed by atoms with Gasteiger partial charge in [0.25, 0.3) is 0 Å². The van der Waals surface area contributed by atoms with Crippen molar-refractivity contribution in [2.45, 2.75) is 52.3 Å². The van der Waals surface area contributed by atoms with E-state index in [1.54, 1.807) is 0 Å². The lowest BCUT2D eigenvalue weighted by Gasteiger charge is -2.22. The second kappa shape index (κ2) is 6.04. The molecule has 1 aromatic rings. The number of thiazole rings is 1. The molecule has 0 spiro atoms. The Morgan fingerprint density at radius 1 is 1.61 bits per heavy atom. The average Bonchev–Trinajstić information content (AvgIpc) is 2.57. The third kappa shape index (κ3) is 5.35. The summed E-state index contributed by atoms with van der Waals surface area (Å²) >= 11 is 1.40. The number of carbonyl (C=O) groups excluding carboxylic acids is 1. The van der Waals surface area contributed by atoms with Crippen LogP contribution in [0.5, 0.6) is 0 Å². The molecule has 1 rings (SSSR count). The highest BCUT2D eigenvalue weighted by Crippen LogP contribution is 2.07. The molecule has 0 aliphatic carbocycles. The van der Waals surface area contributed by atoms with Crippen LogP contribution in [0.15, 0.2) is 11.6 Å². The summed E-state index contributed by atoms with van der Waals surface area (Å²) in [6.45, 7) is 8.17. The lowest BCUT2D eigenvalue weighted by molar-refractivity contribution is 0.0505. The van der Waals surface area contributed by atoms with Crippen LogP contribution in [-0.4, -0.2) is 22.3 Å². The second-order valence-electron chi connectivity index (χ2n) is 5.24. The van der Waals surface area contributed by atoms with E-state index < -0.39 is 11.7 Å². The SMILES string of the molecule is CC(CCn1ccsc1=N)NC(=O)OC(C)(C)C. The Kier molecular flexibility index (Phi) is 4.95. The maximum absolute atomic E-state index is 11.5. The van der Waals surface area contributed by atoms with Gasteiger partial charge in [-0.1, -0.05) is 0 Å². The van der Waals surface area contributed by atoms with Gasteiger partial charge in [-0.3, -0.25) is 5.41 Å². The number of carbonyl (C=O) groups is 1. The monoisotopic (exact) mass is 271 g/mol. The summed E-state index contributed by atoms with van der Waals surface area (Å²) in [6, 6.07) is 0.0200. The smallest absolute Gasteiger partial charge is 0.407 e. The van der Waals surface area contributed by atoms with Gasteiger partial charge in [0.2, 0.25) is 0 Å². The van der Waals surface area contributed by atoms with Crippen LogP contribution in [0.3, 0.4) is 0 Å². The molecule has 1 heterocycles. The predicted molar refractivity (Wildman–Crippen MR) is 71.6 cm³/mol. The Morgan fingerprint density at radius 3 is 2.78 bits per heavy atom. The Bertz CT molecular complexity index is 445. The minimum atomic E-state index is -0.472. The number of alkyl carbamates (subject to hydrolysis) is 1. The van der Waals surface area contributed by atoms with Gasteiger partial charge in [-0.15, -0.1) is 11.3 Å².